The van der Waals surface area contributed by atoms with E-state index in [0.29, 0.717) is 13.2 Å². The van der Waals surface area contributed by atoms with Crippen LogP contribution in [-0.4, -0.2) is 33.7 Å². The first kappa shape index (κ1) is 15.2. The van der Waals surface area contributed by atoms with Crippen molar-refractivity contribution < 1.29 is 14.4 Å². The summed E-state index contributed by atoms with van der Waals surface area (Å²) in [6.45, 7) is 2.85. The molecule has 2 rings (SSSR count). The minimum atomic E-state index is -1.16. The van der Waals surface area contributed by atoms with Crippen molar-refractivity contribution in [1.82, 2.24) is 10.5 Å². The molecule has 1 saturated heterocycles. The zero-order valence-corrected chi connectivity index (χ0v) is 13.0. The second-order valence-electron chi connectivity index (χ2n) is 4.88. The van der Waals surface area contributed by atoms with Crippen molar-refractivity contribution in [1.29, 1.82) is 0 Å². The standard InChI is InChI=1S/C14H22N2O3Si/c1-2-18-14(17)13-8-9-20(11-15-13)16-19-10-12-6-4-3-5-7-12/h3-7,13,15-16,20H,2,8-11H2,1H3/t13-,20+/m1/s1. The van der Waals surface area contributed by atoms with Gasteiger partial charge in [0.1, 0.15) is 6.04 Å². The number of nitrogens with one attached hydrogen (secondary N) is 2. The average Bonchev–Trinajstić information content (AvgIpc) is 2.49. The lowest BCUT2D eigenvalue weighted by Gasteiger charge is -2.27. The molecule has 0 aromatic heterocycles. The third kappa shape index (κ3) is 4.72. The Morgan fingerprint density at radius 3 is 2.90 bits per heavy atom. The third-order valence-electron chi connectivity index (χ3n) is 3.32. The summed E-state index contributed by atoms with van der Waals surface area (Å²) >= 11 is 0. The van der Waals surface area contributed by atoms with E-state index in [-0.39, 0.29) is 12.0 Å². The molecule has 1 heterocycles. The Bertz CT molecular complexity index is 408. The molecule has 0 aliphatic carbocycles. The van der Waals surface area contributed by atoms with Gasteiger partial charge < -0.3 is 14.9 Å². The topological polar surface area (TPSA) is 59.6 Å². The number of carbonyl (C=O) groups is 1. The van der Waals surface area contributed by atoms with Crippen LogP contribution in [0, 0.1) is 0 Å². The van der Waals surface area contributed by atoms with Crippen molar-refractivity contribution in [3.8, 4) is 0 Å². The molecule has 1 aliphatic heterocycles. The van der Waals surface area contributed by atoms with Gasteiger partial charge in [-0.2, -0.15) is 0 Å². The fraction of sp³-hybridized carbons (Fsp3) is 0.500. The van der Waals surface area contributed by atoms with Gasteiger partial charge in [0.25, 0.3) is 0 Å². The fourth-order valence-electron chi connectivity index (χ4n) is 2.22. The first-order chi connectivity index (χ1) is 9.79. The van der Waals surface area contributed by atoms with Gasteiger partial charge in [0, 0.05) is 6.17 Å². The van der Waals surface area contributed by atoms with E-state index in [1.54, 1.807) is 0 Å². The Morgan fingerprint density at radius 2 is 2.25 bits per heavy atom. The van der Waals surface area contributed by atoms with Crippen LogP contribution >= 0.6 is 0 Å². The van der Waals surface area contributed by atoms with Gasteiger partial charge in [-0.05, 0) is 25.0 Å². The first-order valence-electron chi connectivity index (χ1n) is 7.11. The Kier molecular flexibility index (Phi) is 6.19. The molecule has 0 saturated carbocycles. The van der Waals surface area contributed by atoms with Crippen molar-refractivity contribution in [3.63, 3.8) is 0 Å². The number of rotatable bonds is 6. The van der Waals surface area contributed by atoms with Gasteiger partial charge in [0.05, 0.1) is 13.2 Å². The predicted molar refractivity (Wildman–Crippen MR) is 79.4 cm³/mol. The molecular weight excluding hydrogens is 272 g/mol. The molecule has 0 spiro atoms. The summed E-state index contributed by atoms with van der Waals surface area (Å²) in [4.78, 5) is 17.1. The minimum Gasteiger partial charge on any atom is -0.465 e. The monoisotopic (exact) mass is 294 g/mol. The molecule has 0 unspecified atom stereocenters. The van der Waals surface area contributed by atoms with Gasteiger partial charge in [0.2, 0.25) is 0 Å². The van der Waals surface area contributed by atoms with Crippen LogP contribution in [0.25, 0.3) is 0 Å². The molecule has 6 heteroatoms. The highest BCUT2D eigenvalue weighted by Gasteiger charge is 2.27. The zero-order valence-electron chi connectivity index (χ0n) is 11.8. The minimum absolute atomic E-state index is 0.134. The number of esters is 1. The van der Waals surface area contributed by atoms with Gasteiger partial charge in [-0.15, -0.1) is 0 Å². The summed E-state index contributed by atoms with van der Waals surface area (Å²) in [5.74, 6) is -0.134. The largest absolute Gasteiger partial charge is 0.465 e. The number of ether oxygens (including phenoxy) is 1. The molecule has 2 atom stereocenters. The summed E-state index contributed by atoms with van der Waals surface area (Å²) in [7, 11) is -1.16. The van der Waals surface area contributed by atoms with Crippen LogP contribution in [0.5, 0.6) is 0 Å². The highest BCUT2D eigenvalue weighted by molar-refractivity contribution is 6.56. The Balaban J connectivity index is 1.63. The predicted octanol–water partition coefficient (Wildman–Crippen LogP) is 0.896. The second-order valence-corrected chi connectivity index (χ2v) is 7.49. The lowest BCUT2D eigenvalue weighted by molar-refractivity contribution is -0.145. The third-order valence-corrected chi connectivity index (χ3v) is 5.58. The maximum absolute atomic E-state index is 11.6. The summed E-state index contributed by atoms with van der Waals surface area (Å²) in [5, 5.41) is 6.43. The first-order valence-corrected chi connectivity index (χ1v) is 9.32. The molecule has 1 fully saturated rings. The second kappa shape index (κ2) is 8.16. The average molecular weight is 294 g/mol. The number of carbonyl (C=O) groups excluding carboxylic acids is 1. The zero-order chi connectivity index (χ0) is 14.2. The Hall–Kier alpha value is -1.21. The molecule has 5 nitrogen and oxygen atoms in total. The SMILES string of the molecule is CCOC(=O)[C@H]1CC[Si@H](NOCc2ccccc2)CN1. The molecule has 1 aliphatic rings. The molecule has 2 N–H and O–H groups in total. The van der Waals surface area contributed by atoms with Crippen molar-refractivity contribution in [3.05, 3.63) is 35.9 Å². The Labute approximate surface area is 121 Å². The van der Waals surface area contributed by atoms with E-state index in [1.165, 1.54) is 0 Å². The van der Waals surface area contributed by atoms with Crippen LogP contribution < -0.4 is 10.5 Å². The molecule has 0 bridgehead atoms. The highest BCUT2D eigenvalue weighted by Crippen LogP contribution is 2.09. The van der Waals surface area contributed by atoms with Gasteiger partial charge in [-0.1, -0.05) is 30.3 Å². The smallest absolute Gasteiger partial charge is 0.323 e. The summed E-state index contributed by atoms with van der Waals surface area (Å²) < 4.78 is 5.02. The molecule has 1 aromatic rings. The summed E-state index contributed by atoms with van der Waals surface area (Å²) in [6.07, 6.45) is 1.68. The van der Waals surface area contributed by atoms with Gasteiger partial charge in [-0.3, -0.25) is 4.79 Å². The molecule has 1 aromatic carbocycles. The van der Waals surface area contributed by atoms with E-state index >= 15 is 0 Å². The van der Waals surface area contributed by atoms with Crippen molar-refractivity contribution in [2.24, 2.45) is 0 Å². The van der Waals surface area contributed by atoms with Crippen LogP contribution in [-0.2, 0) is 21.0 Å². The van der Waals surface area contributed by atoms with Crippen LogP contribution in [0.1, 0.15) is 18.9 Å². The van der Waals surface area contributed by atoms with Gasteiger partial charge >= 0.3 is 5.97 Å². The van der Waals surface area contributed by atoms with E-state index in [4.69, 9.17) is 9.57 Å². The number of hydrogen-bond donors (Lipinski definition) is 2. The molecular formula is C14H22N2O3Si. The van der Waals surface area contributed by atoms with Crippen molar-refractivity contribution >= 4 is 14.9 Å². The van der Waals surface area contributed by atoms with Gasteiger partial charge in [-0.25, -0.2) is 5.15 Å². The quantitative estimate of drug-likeness (QED) is 0.464. The highest BCUT2D eigenvalue weighted by atomic mass is 28.3. The van der Waals surface area contributed by atoms with Crippen LogP contribution in [0.3, 0.4) is 0 Å². The summed E-state index contributed by atoms with van der Waals surface area (Å²) in [5.41, 5.74) is 1.15. The molecule has 110 valence electrons. The summed E-state index contributed by atoms with van der Waals surface area (Å²) in [6, 6.07) is 11.0. The fourth-order valence-corrected chi connectivity index (χ4v) is 4.25. The van der Waals surface area contributed by atoms with Gasteiger partial charge in [0.15, 0.2) is 8.96 Å². The molecule has 20 heavy (non-hydrogen) atoms. The molecule has 0 radical (unpaired) electrons. The Morgan fingerprint density at radius 1 is 1.45 bits per heavy atom. The maximum atomic E-state index is 11.6. The van der Waals surface area contributed by atoms with Crippen molar-refractivity contribution in [2.75, 3.05) is 12.8 Å². The lowest BCUT2D eigenvalue weighted by atomic mass is 10.2. The van der Waals surface area contributed by atoms with E-state index in [9.17, 15) is 4.79 Å². The maximum Gasteiger partial charge on any atom is 0.323 e. The van der Waals surface area contributed by atoms with E-state index in [1.807, 2.05) is 37.3 Å². The van der Waals surface area contributed by atoms with E-state index in [2.05, 4.69) is 10.5 Å². The van der Waals surface area contributed by atoms with Crippen LogP contribution in [0.2, 0.25) is 6.04 Å². The number of benzene rings is 1. The lowest BCUT2D eigenvalue weighted by Crippen LogP contribution is -2.53. The number of hydrogen-bond acceptors (Lipinski definition) is 5. The van der Waals surface area contributed by atoms with Crippen molar-refractivity contribution in [2.45, 2.75) is 32.0 Å². The normalized spacial score (nSPS) is 22.4. The van der Waals surface area contributed by atoms with Crippen LogP contribution in [0.4, 0.5) is 0 Å². The van der Waals surface area contributed by atoms with Crippen LogP contribution in [0.15, 0.2) is 30.3 Å². The van der Waals surface area contributed by atoms with E-state index in [0.717, 1.165) is 24.2 Å². The van der Waals surface area contributed by atoms with E-state index < -0.39 is 8.96 Å². The molecule has 0 amide bonds.